The van der Waals surface area contributed by atoms with Crippen LogP contribution in [-0.2, 0) is 32.7 Å². The quantitative estimate of drug-likeness (QED) is 0.0195. The minimum atomic E-state index is -4.66. The summed E-state index contributed by atoms with van der Waals surface area (Å²) in [5.41, 5.74) is 0. The van der Waals surface area contributed by atoms with E-state index in [1.54, 1.807) is 0 Å². The van der Waals surface area contributed by atoms with Crippen molar-refractivity contribution in [1.82, 2.24) is 0 Å². The number of quaternary nitrogens is 1. The van der Waals surface area contributed by atoms with Crippen LogP contribution in [0, 0.1) is 0 Å². The lowest BCUT2D eigenvalue weighted by Crippen LogP contribution is -2.37. The SMILES string of the molecule is CC/C=C\C/C=C\C/C=C\C/C=C\C/C=C\C/C=C\C/C=C\C/C=C\C/C=C\C/C=C\CCCCCCCCCCCCC(=O)OC(COC(=O)CCCCCCCCCCCCCCCCCCCC/C=C\C/C=C\C/C=C\CCCCCCC)COP(=O)([O-])OCC[N+](C)(C)C. The zero-order valence-corrected chi connectivity index (χ0v) is 64.8. The molecule has 10 heteroatoms. The minimum Gasteiger partial charge on any atom is -0.756 e. The van der Waals surface area contributed by atoms with E-state index in [1.807, 2.05) is 21.1 Å². The molecule has 0 saturated heterocycles. The third-order valence-corrected chi connectivity index (χ3v) is 18.0. The van der Waals surface area contributed by atoms with Crippen molar-refractivity contribution in [3.8, 4) is 0 Å². The summed E-state index contributed by atoms with van der Waals surface area (Å²) < 4.78 is 34.4. The molecule has 0 heterocycles. The number of unbranched alkanes of at least 4 members (excludes halogenated alkanes) is 33. The van der Waals surface area contributed by atoms with Gasteiger partial charge < -0.3 is 27.9 Å². The summed E-state index contributed by atoms with van der Waals surface area (Å²) in [5, 5.41) is 0. The van der Waals surface area contributed by atoms with Crippen molar-refractivity contribution >= 4 is 19.8 Å². The Bertz CT molecular complexity index is 2220. The van der Waals surface area contributed by atoms with Crippen LogP contribution in [0.15, 0.2) is 158 Å². The van der Waals surface area contributed by atoms with Gasteiger partial charge in [-0.25, -0.2) is 0 Å². The van der Waals surface area contributed by atoms with Crippen molar-refractivity contribution in [2.75, 3.05) is 47.5 Å². The molecule has 0 aromatic heterocycles. The molecule has 0 spiro atoms. The van der Waals surface area contributed by atoms with Crippen LogP contribution in [0.2, 0.25) is 0 Å². The molecule has 0 aromatic carbocycles. The number of carbonyl (C=O) groups is 2. The molecule has 98 heavy (non-hydrogen) atoms. The van der Waals surface area contributed by atoms with Gasteiger partial charge in [-0.15, -0.1) is 0 Å². The van der Waals surface area contributed by atoms with Crippen molar-refractivity contribution in [3.05, 3.63) is 158 Å². The molecule has 0 fully saturated rings. The second-order valence-electron chi connectivity index (χ2n) is 27.7. The topological polar surface area (TPSA) is 111 Å². The Labute approximate surface area is 605 Å². The molecule has 0 amide bonds. The van der Waals surface area contributed by atoms with E-state index in [2.05, 4.69) is 172 Å². The number of nitrogens with zero attached hydrogens (tertiary/aromatic N) is 1. The van der Waals surface area contributed by atoms with E-state index in [-0.39, 0.29) is 32.0 Å². The second-order valence-corrected chi connectivity index (χ2v) is 29.1. The molecule has 560 valence electrons. The molecule has 0 aliphatic heterocycles. The fourth-order valence-electron chi connectivity index (χ4n) is 10.9. The predicted octanol–water partition coefficient (Wildman–Crippen LogP) is 26.4. The van der Waals surface area contributed by atoms with Gasteiger partial charge in [0.05, 0.1) is 27.7 Å². The van der Waals surface area contributed by atoms with Crippen LogP contribution in [-0.4, -0.2) is 70.0 Å². The number of rotatable bonds is 73. The molecule has 0 aliphatic rings. The van der Waals surface area contributed by atoms with Gasteiger partial charge in [-0.3, -0.25) is 14.2 Å². The lowest BCUT2D eigenvalue weighted by Gasteiger charge is -2.28. The number of carbonyl (C=O) groups excluding carboxylic acids is 2. The summed E-state index contributed by atoms with van der Waals surface area (Å²) in [4.78, 5) is 38.2. The summed E-state index contributed by atoms with van der Waals surface area (Å²) in [6, 6.07) is 0. The monoisotopic (exact) mass is 1380 g/mol. The number of hydrogen-bond donors (Lipinski definition) is 0. The molecular weight excluding hydrogens is 1230 g/mol. The Morgan fingerprint density at radius 3 is 0.867 bits per heavy atom. The van der Waals surface area contributed by atoms with E-state index >= 15 is 0 Å². The fourth-order valence-corrected chi connectivity index (χ4v) is 11.7. The van der Waals surface area contributed by atoms with Gasteiger partial charge in [0.1, 0.15) is 19.8 Å². The third kappa shape index (κ3) is 80.6. The van der Waals surface area contributed by atoms with E-state index in [0.29, 0.717) is 17.4 Å². The average molecular weight is 1380 g/mol. The molecular formula is C88H150NO8P. The Balaban J connectivity index is 4.03. The van der Waals surface area contributed by atoms with Crippen LogP contribution < -0.4 is 4.89 Å². The van der Waals surface area contributed by atoms with E-state index in [0.717, 1.165) is 122 Å². The Hall–Kier alpha value is -4.37. The molecule has 9 nitrogen and oxygen atoms in total. The van der Waals surface area contributed by atoms with Gasteiger partial charge in [0, 0.05) is 12.8 Å². The highest BCUT2D eigenvalue weighted by Crippen LogP contribution is 2.38. The third-order valence-electron chi connectivity index (χ3n) is 17.0. The largest absolute Gasteiger partial charge is 0.756 e. The molecule has 0 bridgehead atoms. The second kappa shape index (κ2) is 76.8. The zero-order chi connectivity index (χ0) is 71.1. The number of phosphoric acid groups is 1. The van der Waals surface area contributed by atoms with Crippen LogP contribution in [0.4, 0.5) is 0 Å². The number of phosphoric ester groups is 1. The maximum Gasteiger partial charge on any atom is 0.306 e. The van der Waals surface area contributed by atoms with Crippen molar-refractivity contribution in [2.45, 2.75) is 341 Å². The lowest BCUT2D eigenvalue weighted by atomic mass is 10.0. The number of likely N-dealkylation sites (N-methyl/N-ethyl adjacent to an activating group) is 1. The Kier molecular flexibility index (Phi) is 73.4. The summed E-state index contributed by atoms with van der Waals surface area (Å²) in [5.74, 6) is -0.836. The molecule has 0 aromatic rings. The minimum absolute atomic E-state index is 0.0372. The van der Waals surface area contributed by atoms with Gasteiger partial charge in [0.2, 0.25) is 0 Å². The summed E-state index contributed by atoms with van der Waals surface area (Å²) >= 11 is 0. The van der Waals surface area contributed by atoms with Gasteiger partial charge in [0.15, 0.2) is 6.10 Å². The highest BCUT2D eigenvalue weighted by Gasteiger charge is 2.22. The normalized spacial score (nSPS) is 13.9. The standard InChI is InChI=1S/C88H150NO8P/c1-6-8-10-12-14-16-18-20-22-24-26-28-30-32-34-36-38-40-41-42-43-44-45-46-47-49-51-53-55-57-59-61-63-65-67-69-71-73-75-77-79-81-88(91)97-86(85-96-98(92,93)95-83-82-89(3,4)5)84-94-87(90)80-78-76-74-72-70-68-66-64-62-60-58-56-54-52-50-48-39-37-35-33-31-29-27-25-23-21-19-17-15-13-11-9-7-2/h8,10,14,16,19-22,25-28,31-34,38,40,42-43,45-46,49,51,55,57,86H,6-7,9,11-13,15,17-18,23-24,29-30,35-37,39,41,44,47-48,50,52-54,56,58-85H2,1-5H3/b10-8-,16-14-,21-19-,22-20-,27-25-,28-26-,33-31-,34-32-,40-38-,43-42-,46-45-,51-49-,57-55-. The summed E-state index contributed by atoms with van der Waals surface area (Å²) in [6.45, 7) is 4.13. The van der Waals surface area contributed by atoms with E-state index in [4.69, 9.17) is 18.5 Å². The maximum absolute atomic E-state index is 12.9. The van der Waals surface area contributed by atoms with Gasteiger partial charge >= 0.3 is 11.9 Å². The first-order valence-electron chi connectivity index (χ1n) is 40.2. The van der Waals surface area contributed by atoms with Crippen molar-refractivity contribution in [1.29, 1.82) is 0 Å². The Morgan fingerprint density at radius 1 is 0.327 bits per heavy atom. The van der Waals surface area contributed by atoms with Crippen molar-refractivity contribution in [2.24, 2.45) is 0 Å². The molecule has 0 saturated carbocycles. The van der Waals surface area contributed by atoms with Gasteiger partial charge in [-0.05, 0) is 128 Å². The smallest absolute Gasteiger partial charge is 0.306 e. The maximum atomic E-state index is 12.9. The number of ether oxygens (including phenoxy) is 2. The number of allylic oxidation sites excluding steroid dienone is 26. The Morgan fingerprint density at radius 2 is 0.582 bits per heavy atom. The van der Waals surface area contributed by atoms with Gasteiger partial charge in [-0.2, -0.15) is 0 Å². The number of hydrogen-bond acceptors (Lipinski definition) is 8. The molecule has 0 N–H and O–H groups in total. The number of esters is 2. The van der Waals surface area contributed by atoms with Crippen LogP contribution in [0.1, 0.15) is 335 Å². The van der Waals surface area contributed by atoms with Crippen LogP contribution in [0.3, 0.4) is 0 Å². The van der Waals surface area contributed by atoms with Crippen LogP contribution in [0.5, 0.6) is 0 Å². The fraction of sp³-hybridized carbons (Fsp3) is 0.682. The summed E-state index contributed by atoms with van der Waals surface area (Å²) in [7, 11) is 1.16. The molecule has 2 atom stereocenters. The summed E-state index contributed by atoms with van der Waals surface area (Å²) in [6.07, 6.45) is 115. The first-order chi connectivity index (χ1) is 48.0. The highest BCUT2D eigenvalue weighted by molar-refractivity contribution is 7.45. The predicted molar refractivity (Wildman–Crippen MR) is 424 cm³/mol. The highest BCUT2D eigenvalue weighted by atomic mass is 31.2. The van der Waals surface area contributed by atoms with E-state index in [9.17, 15) is 19.0 Å². The van der Waals surface area contributed by atoms with E-state index in [1.165, 1.54) is 180 Å². The van der Waals surface area contributed by atoms with Crippen molar-refractivity contribution in [3.63, 3.8) is 0 Å². The lowest BCUT2D eigenvalue weighted by molar-refractivity contribution is -0.870. The van der Waals surface area contributed by atoms with Crippen LogP contribution in [0.25, 0.3) is 0 Å². The molecule has 0 aliphatic carbocycles. The average Bonchev–Trinajstić information content (AvgIpc) is 1.08. The molecule has 0 radical (unpaired) electrons. The van der Waals surface area contributed by atoms with Gasteiger partial charge in [0.25, 0.3) is 7.82 Å². The van der Waals surface area contributed by atoms with Gasteiger partial charge in [-0.1, -0.05) is 352 Å². The van der Waals surface area contributed by atoms with Crippen LogP contribution >= 0.6 is 7.82 Å². The first-order valence-corrected chi connectivity index (χ1v) is 41.7. The molecule has 0 rings (SSSR count). The van der Waals surface area contributed by atoms with Crippen molar-refractivity contribution < 1.29 is 42.1 Å². The zero-order valence-electron chi connectivity index (χ0n) is 63.9. The van der Waals surface area contributed by atoms with E-state index < -0.39 is 26.5 Å². The molecule has 2 unspecified atom stereocenters. The first kappa shape index (κ1) is 93.6.